The van der Waals surface area contributed by atoms with Crippen molar-refractivity contribution in [3.8, 4) is 5.75 Å². The fraction of sp³-hybridized carbons (Fsp3) is 0.471. The van der Waals surface area contributed by atoms with Crippen LogP contribution in [-0.4, -0.2) is 19.7 Å². The first-order valence-electron chi connectivity index (χ1n) is 7.25. The smallest absolute Gasteiger partial charge is 0.330 e. The SMILES string of the molecule is CCCCCCCOC(=O)/C=C/c1ccccc1OC. The van der Waals surface area contributed by atoms with Gasteiger partial charge in [-0.25, -0.2) is 4.79 Å². The van der Waals surface area contributed by atoms with Gasteiger partial charge in [-0.3, -0.25) is 0 Å². The summed E-state index contributed by atoms with van der Waals surface area (Å²) >= 11 is 0. The second-order valence-electron chi connectivity index (χ2n) is 4.66. The molecule has 0 aliphatic heterocycles. The standard InChI is InChI=1S/C17H24O3/c1-3-4-5-6-9-14-20-17(18)13-12-15-10-7-8-11-16(15)19-2/h7-8,10-13H,3-6,9,14H2,1-2H3/b13-12+. The second kappa shape index (κ2) is 10.1. The summed E-state index contributed by atoms with van der Waals surface area (Å²) in [5, 5.41) is 0. The fourth-order valence-corrected chi connectivity index (χ4v) is 1.89. The molecule has 0 heterocycles. The van der Waals surface area contributed by atoms with E-state index in [2.05, 4.69) is 6.92 Å². The molecule has 0 aromatic heterocycles. The molecule has 1 aromatic rings. The summed E-state index contributed by atoms with van der Waals surface area (Å²) in [7, 11) is 1.61. The van der Waals surface area contributed by atoms with Gasteiger partial charge in [0, 0.05) is 11.6 Å². The third-order valence-electron chi connectivity index (χ3n) is 3.03. The Balaban J connectivity index is 2.29. The zero-order valence-corrected chi connectivity index (χ0v) is 12.4. The van der Waals surface area contributed by atoms with Gasteiger partial charge in [-0.1, -0.05) is 50.8 Å². The molecule has 0 unspecified atom stereocenters. The van der Waals surface area contributed by atoms with Crippen LogP contribution in [0.25, 0.3) is 6.08 Å². The molecule has 0 aliphatic rings. The predicted octanol–water partition coefficient (Wildman–Crippen LogP) is 4.22. The molecule has 20 heavy (non-hydrogen) atoms. The Hall–Kier alpha value is -1.77. The van der Waals surface area contributed by atoms with E-state index in [1.54, 1.807) is 13.2 Å². The molecule has 110 valence electrons. The van der Waals surface area contributed by atoms with Crippen LogP contribution in [0.1, 0.15) is 44.6 Å². The maximum atomic E-state index is 11.6. The topological polar surface area (TPSA) is 35.5 Å². The molecule has 0 saturated heterocycles. The maximum Gasteiger partial charge on any atom is 0.330 e. The highest BCUT2D eigenvalue weighted by molar-refractivity contribution is 5.87. The highest BCUT2D eigenvalue weighted by Crippen LogP contribution is 2.18. The van der Waals surface area contributed by atoms with Gasteiger partial charge in [0.15, 0.2) is 0 Å². The first-order chi connectivity index (χ1) is 9.77. The molecule has 0 saturated carbocycles. The molecule has 0 bridgehead atoms. The van der Waals surface area contributed by atoms with E-state index < -0.39 is 0 Å². The summed E-state index contributed by atoms with van der Waals surface area (Å²) in [5.74, 6) is 0.447. The predicted molar refractivity (Wildman–Crippen MR) is 81.7 cm³/mol. The van der Waals surface area contributed by atoms with Crippen molar-refractivity contribution in [2.24, 2.45) is 0 Å². The van der Waals surface area contributed by atoms with Gasteiger partial charge in [-0.05, 0) is 18.6 Å². The molecular weight excluding hydrogens is 252 g/mol. The van der Waals surface area contributed by atoms with E-state index in [-0.39, 0.29) is 5.97 Å². The minimum absolute atomic E-state index is 0.300. The number of ether oxygens (including phenoxy) is 2. The number of rotatable bonds is 9. The van der Waals surface area contributed by atoms with Crippen molar-refractivity contribution in [2.75, 3.05) is 13.7 Å². The van der Waals surface area contributed by atoms with Crippen LogP contribution in [0.4, 0.5) is 0 Å². The van der Waals surface area contributed by atoms with Crippen LogP contribution in [0.5, 0.6) is 5.75 Å². The highest BCUT2D eigenvalue weighted by atomic mass is 16.5. The maximum absolute atomic E-state index is 11.6. The Bertz CT molecular complexity index is 424. The average Bonchev–Trinajstić information content (AvgIpc) is 2.49. The van der Waals surface area contributed by atoms with Crippen LogP contribution in [-0.2, 0) is 9.53 Å². The average molecular weight is 276 g/mol. The van der Waals surface area contributed by atoms with Crippen molar-refractivity contribution in [3.05, 3.63) is 35.9 Å². The molecule has 3 heteroatoms. The number of carbonyl (C=O) groups is 1. The lowest BCUT2D eigenvalue weighted by molar-refractivity contribution is -0.137. The number of carbonyl (C=O) groups excluding carboxylic acids is 1. The summed E-state index contributed by atoms with van der Waals surface area (Å²) in [6, 6.07) is 7.55. The van der Waals surface area contributed by atoms with Crippen LogP contribution in [0.2, 0.25) is 0 Å². The summed E-state index contributed by atoms with van der Waals surface area (Å²) in [5.41, 5.74) is 0.870. The quantitative estimate of drug-likeness (QED) is 0.385. The molecule has 0 N–H and O–H groups in total. The largest absolute Gasteiger partial charge is 0.496 e. The van der Waals surface area contributed by atoms with Crippen LogP contribution in [0, 0.1) is 0 Å². The molecular formula is C17H24O3. The van der Waals surface area contributed by atoms with Gasteiger partial charge in [0.1, 0.15) is 5.75 Å². The molecule has 0 fully saturated rings. The molecule has 0 aliphatic carbocycles. The third-order valence-corrected chi connectivity index (χ3v) is 3.03. The molecule has 1 rings (SSSR count). The highest BCUT2D eigenvalue weighted by Gasteiger charge is 2.00. The van der Waals surface area contributed by atoms with E-state index >= 15 is 0 Å². The van der Waals surface area contributed by atoms with Crippen LogP contribution in [0.3, 0.4) is 0 Å². The Kier molecular flexibility index (Phi) is 8.20. The van der Waals surface area contributed by atoms with E-state index in [0.29, 0.717) is 6.61 Å². The summed E-state index contributed by atoms with van der Waals surface area (Å²) in [6.07, 6.45) is 8.92. The number of unbranched alkanes of at least 4 members (excludes halogenated alkanes) is 4. The normalized spacial score (nSPS) is 10.7. The van der Waals surface area contributed by atoms with Gasteiger partial charge < -0.3 is 9.47 Å². The number of hydrogen-bond acceptors (Lipinski definition) is 3. The lowest BCUT2D eigenvalue weighted by Gasteiger charge is -2.04. The first-order valence-corrected chi connectivity index (χ1v) is 7.25. The summed E-state index contributed by atoms with van der Waals surface area (Å²) in [6.45, 7) is 2.68. The van der Waals surface area contributed by atoms with Crippen molar-refractivity contribution in [2.45, 2.75) is 39.0 Å². The van der Waals surface area contributed by atoms with Gasteiger partial charge >= 0.3 is 5.97 Å². The number of hydrogen-bond donors (Lipinski definition) is 0. The van der Waals surface area contributed by atoms with Crippen molar-refractivity contribution in [3.63, 3.8) is 0 Å². The molecule has 0 spiro atoms. The van der Waals surface area contributed by atoms with Gasteiger partial charge in [0.2, 0.25) is 0 Å². The Morgan fingerprint density at radius 2 is 1.90 bits per heavy atom. The fourth-order valence-electron chi connectivity index (χ4n) is 1.89. The van der Waals surface area contributed by atoms with Crippen molar-refractivity contribution >= 4 is 12.0 Å². The Morgan fingerprint density at radius 3 is 2.65 bits per heavy atom. The van der Waals surface area contributed by atoms with E-state index in [4.69, 9.17) is 9.47 Å². The minimum Gasteiger partial charge on any atom is -0.496 e. The van der Waals surface area contributed by atoms with Crippen molar-refractivity contribution in [1.82, 2.24) is 0 Å². The third kappa shape index (κ3) is 6.41. The van der Waals surface area contributed by atoms with Gasteiger partial charge in [-0.15, -0.1) is 0 Å². The second-order valence-corrected chi connectivity index (χ2v) is 4.66. The molecule has 0 radical (unpaired) electrons. The summed E-state index contributed by atoms with van der Waals surface area (Å²) in [4.78, 5) is 11.6. The van der Waals surface area contributed by atoms with E-state index in [1.165, 1.54) is 25.3 Å². The van der Waals surface area contributed by atoms with Gasteiger partial charge in [-0.2, -0.15) is 0 Å². The zero-order chi connectivity index (χ0) is 14.6. The monoisotopic (exact) mass is 276 g/mol. The van der Waals surface area contributed by atoms with E-state index in [1.807, 2.05) is 24.3 Å². The lowest BCUT2D eigenvalue weighted by atomic mass is 10.2. The number of benzene rings is 1. The number of methoxy groups -OCH3 is 1. The van der Waals surface area contributed by atoms with E-state index in [9.17, 15) is 4.79 Å². The Labute approximate surface area is 121 Å². The van der Waals surface area contributed by atoms with Crippen molar-refractivity contribution in [1.29, 1.82) is 0 Å². The number of para-hydroxylation sites is 1. The molecule has 3 nitrogen and oxygen atoms in total. The van der Waals surface area contributed by atoms with Gasteiger partial charge in [0.25, 0.3) is 0 Å². The first kappa shape index (κ1) is 16.3. The van der Waals surface area contributed by atoms with Crippen LogP contribution >= 0.6 is 0 Å². The van der Waals surface area contributed by atoms with Crippen LogP contribution in [0.15, 0.2) is 30.3 Å². The molecule has 0 atom stereocenters. The summed E-state index contributed by atoms with van der Waals surface area (Å²) < 4.78 is 10.4. The van der Waals surface area contributed by atoms with Gasteiger partial charge in [0.05, 0.1) is 13.7 Å². The molecule has 1 aromatic carbocycles. The minimum atomic E-state index is -0.300. The molecule has 0 amide bonds. The number of esters is 1. The Morgan fingerprint density at radius 1 is 1.15 bits per heavy atom. The zero-order valence-electron chi connectivity index (χ0n) is 12.4. The van der Waals surface area contributed by atoms with Crippen molar-refractivity contribution < 1.29 is 14.3 Å². The van der Waals surface area contributed by atoms with E-state index in [0.717, 1.165) is 24.2 Å². The van der Waals surface area contributed by atoms with Crippen LogP contribution < -0.4 is 4.74 Å². The lowest BCUT2D eigenvalue weighted by Crippen LogP contribution is -2.02.